The van der Waals surface area contributed by atoms with Crippen LogP contribution in [0.3, 0.4) is 0 Å². The van der Waals surface area contributed by atoms with Crippen LogP contribution < -0.4 is 9.47 Å². The summed E-state index contributed by atoms with van der Waals surface area (Å²) in [6.07, 6.45) is 4.27. The standard InChI is InChI=1S/C25H39N3O4/c1-18(29)25(2)17-28(24(30)27-13-11-26(3)12-14-27)16-21(25)19-9-10-22(31-4)23(15-19)32-20-7-5-6-8-20/h9-10,15,18,20-21,29H,5-8,11-14,16-17H2,1-4H3/t18-,21?,25+/m1/s1. The van der Waals surface area contributed by atoms with Crippen LogP contribution in [0.4, 0.5) is 4.79 Å². The van der Waals surface area contributed by atoms with Crippen molar-refractivity contribution >= 4 is 6.03 Å². The van der Waals surface area contributed by atoms with Gasteiger partial charge in [-0.05, 0) is 57.4 Å². The zero-order chi connectivity index (χ0) is 22.9. The number of likely N-dealkylation sites (tertiary alicyclic amines) is 1. The summed E-state index contributed by atoms with van der Waals surface area (Å²) in [4.78, 5) is 19.4. The van der Waals surface area contributed by atoms with Crippen molar-refractivity contribution in [3.8, 4) is 11.5 Å². The maximum atomic E-state index is 13.3. The molecular weight excluding hydrogens is 406 g/mol. The molecule has 3 atom stereocenters. The van der Waals surface area contributed by atoms with Crippen LogP contribution in [-0.2, 0) is 0 Å². The lowest BCUT2D eigenvalue weighted by atomic mass is 9.72. The first kappa shape index (κ1) is 23.2. The summed E-state index contributed by atoms with van der Waals surface area (Å²) in [5, 5.41) is 10.8. The number of carbonyl (C=O) groups is 1. The summed E-state index contributed by atoms with van der Waals surface area (Å²) in [5.41, 5.74) is 0.664. The van der Waals surface area contributed by atoms with Crippen molar-refractivity contribution in [2.45, 2.75) is 57.7 Å². The van der Waals surface area contributed by atoms with Crippen LogP contribution in [0.25, 0.3) is 0 Å². The van der Waals surface area contributed by atoms with Crippen molar-refractivity contribution in [1.82, 2.24) is 14.7 Å². The van der Waals surface area contributed by atoms with E-state index in [9.17, 15) is 9.90 Å². The first-order chi connectivity index (χ1) is 15.3. The molecule has 0 aromatic heterocycles. The number of likely N-dealkylation sites (N-methyl/N-ethyl adjacent to an activating group) is 1. The van der Waals surface area contributed by atoms with Crippen molar-refractivity contribution in [2.75, 3.05) is 53.4 Å². The SMILES string of the molecule is COc1ccc(C2CN(C(=O)N3CCN(C)CC3)C[C@@]2(C)[C@@H](C)O)cc1OC1CCCC1. The van der Waals surface area contributed by atoms with Crippen LogP contribution in [0, 0.1) is 5.41 Å². The molecule has 1 unspecified atom stereocenters. The van der Waals surface area contributed by atoms with E-state index in [0.717, 1.165) is 56.1 Å². The van der Waals surface area contributed by atoms with E-state index in [4.69, 9.17) is 9.47 Å². The Morgan fingerprint density at radius 1 is 1.12 bits per heavy atom. The predicted molar refractivity (Wildman–Crippen MR) is 124 cm³/mol. The van der Waals surface area contributed by atoms with Gasteiger partial charge >= 0.3 is 6.03 Å². The molecular formula is C25H39N3O4. The largest absolute Gasteiger partial charge is 0.493 e. The molecule has 3 aliphatic rings. The fraction of sp³-hybridized carbons (Fsp3) is 0.720. The highest BCUT2D eigenvalue weighted by atomic mass is 16.5. The van der Waals surface area contributed by atoms with Gasteiger partial charge in [-0.3, -0.25) is 0 Å². The van der Waals surface area contributed by atoms with E-state index in [1.807, 2.05) is 22.8 Å². The molecule has 32 heavy (non-hydrogen) atoms. The monoisotopic (exact) mass is 445 g/mol. The first-order valence-corrected chi connectivity index (χ1v) is 12.1. The van der Waals surface area contributed by atoms with Crippen LogP contribution in [0.5, 0.6) is 11.5 Å². The van der Waals surface area contributed by atoms with Crippen LogP contribution in [0.15, 0.2) is 18.2 Å². The Morgan fingerprint density at radius 3 is 2.44 bits per heavy atom. The summed E-state index contributed by atoms with van der Waals surface area (Å²) in [6, 6.07) is 6.19. The van der Waals surface area contributed by atoms with Gasteiger partial charge < -0.3 is 29.3 Å². The second kappa shape index (κ2) is 9.48. The number of amides is 2. The lowest BCUT2D eigenvalue weighted by Gasteiger charge is -2.36. The van der Waals surface area contributed by atoms with E-state index in [2.05, 4.69) is 31.0 Å². The minimum absolute atomic E-state index is 0.0238. The number of aliphatic hydroxyl groups is 1. The van der Waals surface area contributed by atoms with Gasteiger partial charge in [0.1, 0.15) is 0 Å². The number of nitrogens with zero attached hydrogens (tertiary/aromatic N) is 3. The van der Waals surface area contributed by atoms with Crippen molar-refractivity contribution in [3.63, 3.8) is 0 Å². The number of carbonyl (C=O) groups excluding carboxylic acids is 1. The quantitative estimate of drug-likeness (QED) is 0.754. The van der Waals surface area contributed by atoms with E-state index >= 15 is 0 Å². The van der Waals surface area contributed by atoms with Gasteiger partial charge in [0.25, 0.3) is 0 Å². The van der Waals surface area contributed by atoms with Gasteiger partial charge in [-0.25, -0.2) is 4.79 Å². The molecule has 1 aliphatic carbocycles. The highest BCUT2D eigenvalue weighted by Gasteiger charge is 2.49. The number of piperazine rings is 1. The number of methoxy groups -OCH3 is 1. The fourth-order valence-corrected chi connectivity index (χ4v) is 5.46. The molecule has 2 amide bonds. The molecule has 2 aliphatic heterocycles. The Labute approximate surface area is 192 Å². The number of benzene rings is 1. The van der Waals surface area contributed by atoms with E-state index < -0.39 is 11.5 Å². The number of rotatable bonds is 5. The number of urea groups is 1. The summed E-state index contributed by atoms with van der Waals surface area (Å²) in [7, 11) is 3.76. The summed E-state index contributed by atoms with van der Waals surface area (Å²) in [6.45, 7) is 8.40. The van der Waals surface area contributed by atoms with E-state index in [0.29, 0.717) is 13.1 Å². The van der Waals surface area contributed by atoms with E-state index in [-0.39, 0.29) is 18.1 Å². The first-order valence-electron chi connectivity index (χ1n) is 12.1. The second-order valence-electron chi connectivity index (χ2n) is 10.1. The number of hydrogen-bond donors (Lipinski definition) is 1. The summed E-state index contributed by atoms with van der Waals surface area (Å²) >= 11 is 0. The van der Waals surface area contributed by atoms with E-state index in [1.165, 1.54) is 12.8 Å². The van der Waals surface area contributed by atoms with Crippen LogP contribution >= 0.6 is 0 Å². The van der Waals surface area contributed by atoms with Gasteiger partial charge in [-0.1, -0.05) is 13.0 Å². The van der Waals surface area contributed by atoms with Crippen molar-refractivity contribution in [2.24, 2.45) is 5.41 Å². The third-order valence-electron chi connectivity index (χ3n) is 7.92. The molecule has 0 radical (unpaired) electrons. The molecule has 0 bridgehead atoms. The molecule has 3 fully saturated rings. The molecule has 7 nitrogen and oxygen atoms in total. The molecule has 0 spiro atoms. The third-order valence-corrected chi connectivity index (χ3v) is 7.92. The zero-order valence-electron chi connectivity index (χ0n) is 20.0. The molecule has 7 heteroatoms. The Morgan fingerprint density at radius 2 is 1.81 bits per heavy atom. The van der Waals surface area contributed by atoms with Crippen LogP contribution in [-0.4, -0.2) is 91.5 Å². The normalized spacial score (nSPS) is 28.2. The zero-order valence-corrected chi connectivity index (χ0v) is 20.0. The summed E-state index contributed by atoms with van der Waals surface area (Å²) < 4.78 is 11.9. The molecule has 1 saturated carbocycles. The molecule has 178 valence electrons. The van der Waals surface area contributed by atoms with Crippen LogP contribution in [0.1, 0.15) is 51.0 Å². The van der Waals surface area contributed by atoms with Crippen molar-refractivity contribution in [1.29, 1.82) is 0 Å². The Kier molecular flexibility index (Phi) is 6.86. The van der Waals surface area contributed by atoms with E-state index in [1.54, 1.807) is 7.11 Å². The average Bonchev–Trinajstić information content (AvgIpc) is 3.42. The highest BCUT2D eigenvalue weighted by Crippen LogP contribution is 2.47. The number of aliphatic hydroxyl groups excluding tert-OH is 1. The highest BCUT2D eigenvalue weighted by molar-refractivity contribution is 5.75. The number of ether oxygens (including phenoxy) is 2. The minimum atomic E-state index is -0.543. The fourth-order valence-electron chi connectivity index (χ4n) is 5.46. The van der Waals surface area contributed by atoms with Crippen molar-refractivity contribution < 1.29 is 19.4 Å². The lowest BCUT2D eigenvalue weighted by molar-refractivity contribution is 0.0479. The second-order valence-corrected chi connectivity index (χ2v) is 10.1. The molecule has 1 aromatic rings. The number of hydrogen-bond acceptors (Lipinski definition) is 5. The van der Waals surface area contributed by atoms with Crippen molar-refractivity contribution in [3.05, 3.63) is 23.8 Å². The Balaban J connectivity index is 1.57. The minimum Gasteiger partial charge on any atom is -0.493 e. The maximum absolute atomic E-state index is 13.3. The molecule has 2 heterocycles. The lowest BCUT2D eigenvalue weighted by Crippen LogP contribution is -2.51. The average molecular weight is 446 g/mol. The van der Waals surface area contributed by atoms with Crippen LogP contribution in [0.2, 0.25) is 0 Å². The maximum Gasteiger partial charge on any atom is 0.320 e. The molecule has 1 N–H and O–H groups in total. The summed E-state index contributed by atoms with van der Waals surface area (Å²) in [5.74, 6) is 1.53. The molecule has 2 saturated heterocycles. The smallest absolute Gasteiger partial charge is 0.320 e. The molecule has 4 rings (SSSR count). The van der Waals surface area contributed by atoms with Gasteiger partial charge in [0.05, 0.1) is 19.3 Å². The van der Waals surface area contributed by atoms with Gasteiger partial charge in [-0.2, -0.15) is 0 Å². The third kappa shape index (κ3) is 4.55. The predicted octanol–water partition coefficient (Wildman–Crippen LogP) is 3.17. The van der Waals surface area contributed by atoms with Gasteiger partial charge in [0, 0.05) is 50.6 Å². The van der Waals surface area contributed by atoms with Gasteiger partial charge in [0.2, 0.25) is 0 Å². The Bertz CT molecular complexity index is 802. The molecule has 1 aromatic carbocycles. The van der Waals surface area contributed by atoms with Gasteiger partial charge in [-0.15, -0.1) is 0 Å². The van der Waals surface area contributed by atoms with Gasteiger partial charge in [0.15, 0.2) is 11.5 Å². The Hall–Kier alpha value is -1.99. The topological polar surface area (TPSA) is 65.5 Å².